The molecule has 0 bridgehead atoms. The molecule has 0 heterocycles. The van der Waals surface area contributed by atoms with Crippen LogP contribution in [-0.2, 0) is 19.3 Å². The van der Waals surface area contributed by atoms with Gasteiger partial charge in [0.05, 0.1) is 0 Å². The molecule has 0 saturated heterocycles. The fraction of sp³-hybridized carbons (Fsp3) is 0.182. The zero-order valence-corrected chi connectivity index (χ0v) is 13.4. The van der Waals surface area contributed by atoms with Crippen LogP contribution >= 0.6 is 0 Å². The molecule has 3 aromatic rings. The first-order valence-corrected chi connectivity index (χ1v) is 8.07. The standard InChI is InChI=1S/C22H21F/c1-17-6-4-8-19(14-17)16-20-9-5-7-18(15-20)12-13-21-10-2-3-11-22(21)23/h2-11,14-15H,12-13,16H2,1H3. The van der Waals surface area contributed by atoms with Gasteiger partial charge in [-0.15, -0.1) is 0 Å². The van der Waals surface area contributed by atoms with Crippen molar-refractivity contribution in [2.45, 2.75) is 26.2 Å². The Hall–Kier alpha value is -2.41. The maximum Gasteiger partial charge on any atom is 0.126 e. The molecule has 0 aliphatic heterocycles. The number of aryl methyl sites for hydroxylation is 3. The minimum atomic E-state index is -0.108. The molecule has 3 rings (SSSR count). The van der Waals surface area contributed by atoms with Gasteiger partial charge in [0, 0.05) is 0 Å². The Bertz CT molecular complexity index is 789. The monoisotopic (exact) mass is 304 g/mol. The lowest BCUT2D eigenvalue weighted by Gasteiger charge is -2.07. The maximum absolute atomic E-state index is 13.7. The summed E-state index contributed by atoms with van der Waals surface area (Å²) in [5.74, 6) is -0.108. The summed E-state index contributed by atoms with van der Waals surface area (Å²) in [5.41, 5.74) is 5.98. The summed E-state index contributed by atoms with van der Waals surface area (Å²) in [4.78, 5) is 0. The van der Waals surface area contributed by atoms with Gasteiger partial charge in [-0.3, -0.25) is 0 Å². The van der Waals surface area contributed by atoms with Crippen molar-refractivity contribution in [3.05, 3.63) is 106 Å². The highest BCUT2D eigenvalue weighted by Gasteiger charge is 2.03. The van der Waals surface area contributed by atoms with Crippen molar-refractivity contribution in [3.8, 4) is 0 Å². The Morgan fingerprint density at radius 3 is 2.17 bits per heavy atom. The minimum absolute atomic E-state index is 0.108. The average Bonchev–Trinajstić information content (AvgIpc) is 2.54. The molecule has 23 heavy (non-hydrogen) atoms. The fourth-order valence-electron chi connectivity index (χ4n) is 2.93. The molecule has 0 radical (unpaired) electrons. The van der Waals surface area contributed by atoms with E-state index in [0.717, 1.165) is 24.8 Å². The highest BCUT2D eigenvalue weighted by atomic mass is 19.1. The molecule has 0 unspecified atom stereocenters. The Labute approximate surface area is 137 Å². The smallest absolute Gasteiger partial charge is 0.126 e. The summed E-state index contributed by atoms with van der Waals surface area (Å²) < 4.78 is 13.7. The molecule has 116 valence electrons. The highest BCUT2D eigenvalue weighted by Crippen LogP contribution is 2.15. The summed E-state index contributed by atoms with van der Waals surface area (Å²) in [6.45, 7) is 2.12. The van der Waals surface area contributed by atoms with Gasteiger partial charge in [0.15, 0.2) is 0 Å². The Balaban J connectivity index is 1.69. The predicted molar refractivity (Wildman–Crippen MR) is 94.2 cm³/mol. The van der Waals surface area contributed by atoms with Crippen molar-refractivity contribution >= 4 is 0 Å². The molecule has 1 heteroatoms. The van der Waals surface area contributed by atoms with E-state index in [1.165, 1.54) is 28.3 Å². The van der Waals surface area contributed by atoms with Gasteiger partial charge in [0.25, 0.3) is 0 Å². The molecule has 0 nitrogen and oxygen atoms in total. The Morgan fingerprint density at radius 2 is 1.39 bits per heavy atom. The third-order valence-electron chi connectivity index (χ3n) is 4.12. The molecule has 0 N–H and O–H groups in total. The second-order valence-electron chi connectivity index (χ2n) is 6.08. The van der Waals surface area contributed by atoms with Crippen molar-refractivity contribution in [1.29, 1.82) is 0 Å². The third kappa shape index (κ3) is 4.29. The van der Waals surface area contributed by atoms with Crippen molar-refractivity contribution in [1.82, 2.24) is 0 Å². The second-order valence-corrected chi connectivity index (χ2v) is 6.08. The lowest BCUT2D eigenvalue weighted by Crippen LogP contribution is -1.96. The van der Waals surface area contributed by atoms with Gasteiger partial charge in [-0.1, -0.05) is 72.3 Å². The summed E-state index contributed by atoms with van der Waals surface area (Å²) in [5, 5.41) is 0. The van der Waals surface area contributed by atoms with E-state index in [4.69, 9.17) is 0 Å². The molecule has 0 aliphatic carbocycles. The molecular formula is C22H21F. The Kier molecular flexibility index (Phi) is 4.87. The van der Waals surface area contributed by atoms with Crippen LogP contribution in [0.5, 0.6) is 0 Å². The van der Waals surface area contributed by atoms with Crippen LogP contribution in [0.25, 0.3) is 0 Å². The Morgan fingerprint density at radius 1 is 0.696 bits per heavy atom. The number of hydrogen-bond acceptors (Lipinski definition) is 0. The van der Waals surface area contributed by atoms with Crippen molar-refractivity contribution < 1.29 is 4.39 Å². The summed E-state index contributed by atoms with van der Waals surface area (Å²) in [6, 6.07) is 24.3. The van der Waals surface area contributed by atoms with Crippen molar-refractivity contribution in [3.63, 3.8) is 0 Å². The van der Waals surface area contributed by atoms with E-state index < -0.39 is 0 Å². The van der Waals surface area contributed by atoms with Crippen LogP contribution < -0.4 is 0 Å². The molecule has 3 aromatic carbocycles. The lowest BCUT2D eigenvalue weighted by atomic mass is 9.98. The molecule has 0 saturated carbocycles. The van der Waals surface area contributed by atoms with Crippen LogP contribution in [0.4, 0.5) is 4.39 Å². The molecule has 0 spiro atoms. The first-order valence-electron chi connectivity index (χ1n) is 8.07. The quantitative estimate of drug-likeness (QED) is 0.583. The van der Waals surface area contributed by atoms with E-state index in [0.29, 0.717) is 0 Å². The van der Waals surface area contributed by atoms with Crippen molar-refractivity contribution in [2.24, 2.45) is 0 Å². The third-order valence-corrected chi connectivity index (χ3v) is 4.12. The van der Waals surface area contributed by atoms with E-state index >= 15 is 0 Å². The molecule has 0 aromatic heterocycles. The highest BCUT2D eigenvalue weighted by molar-refractivity contribution is 5.32. The summed E-state index contributed by atoms with van der Waals surface area (Å²) >= 11 is 0. The van der Waals surface area contributed by atoms with Crippen LogP contribution in [0.2, 0.25) is 0 Å². The van der Waals surface area contributed by atoms with E-state index in [2.05, 4.69) is 55.5 Å². The van der Waals surface area contributed by atoms with Crippen LogP contribution in [-0.4, -0.2) is 0 Å². The zero-order chi connectivity index (χ0) is 16.1. The lowest BCUT2D eigenvalue weighted by molar-refractivity contribution is 0.608. The van der Waals surface area contributed by atoms with Gasteiger partial charge < -0.3 is 0 Å². The first-order chi connectivity index (χ1) is 11.2. The molecule has 0 amide bonds. The minimum Gasteiger partial charge on any atom is -0.207 e. The van der Waals surface area contributed by atoms with Crippen LogP contribution in [0.3, 0.4) is 0 Å². The first kappa shape index (κ1) is 15.5. The SMILES string of the molecule is Cc1cccc(Cc2cccc(CCc3ccccc3F)c2)c1. The number of rotatable bonds is 5. The van der Waals surface area contributed by atoms with Gasteiger partial charge in [-0.25, -0.2) is 4.39 Å². The summed E-state index contributed by atoms with van der Waals surface area (Å²) in [6.07, 6.45) is 2.54. The zero-order valence-electron chi connectivity index (χ0n) is 13.4. The van der Waals surface area contributed by atoms with Gasteiger partial charge in [0.1, 0.15) is 5.82 Å². The van der Waals surface area contributed by atoms with Gasteiger partial charge >= 0.3 is 0 Å². The van der Waals surface area contributed by atoms with E-state index in [1.807, 2.05) is 12.1 Å². The van der Waals surface area contributed by atoms with E-state index in [9.17, 15) is 4.39 Å². The second kappa shape index (κ2) is 7.23. The molecule has 0 atom stereocenters. The van der Waals surface area contributed by atoms with E-state index in [1.54, 1.807) is 6.07 Å². The maximum atomic E-state index is 13.7. The molecular weight excluding hydrogens is 283 g/mol. The number of hydrogen-bond donors (Lipinski definition) is 0. The summed E-state index contributed by atoms with van der Waals surface area (Å²) in [7, 11) is 0. The number of benzene rings is 3. The van der Waals surface area contributed by atoms with Gasteiger partial charge in [0.2, 0.25) is 0 Å². The molecule has 0 aliphatic rings. The van der Waals surface area contributed by atoms with Crippen LogP contribution in [0.15, 0.2) is 72.8 Å². The van der Waals surface area contributed by atoms with Gasteiger partial charge in [-0.05, 0) is 54.5 Å². The predicted octanol–water partition coefficient (Wildman–Crippen LogP) is 5.51. The van der Waals surface area contributed by atoms with Crippen LogP contribution in [0.1, 0.15) is 27.8 Å². The topological polar surface area (TPSA) is 0 Å². The van der Waals surface area contributed by atoms with Crippen LogP contribution in [0, 0.1) is 12.7 Å². The largest absolute Gasteiger partial charge is 0.207 e. The van der Waals surface area contributed by atoms with Gasteiger partial charge in [-0.2, -0.15) is 0 Å². The molecule has 0 fully saturated rings. The fourth-order valence-corrected chi connectivity index (χ4v) is 2.93. The number of halogens is 1. The van der Waals surface area contributed by atoms with E-state index in [-0.39, 0.29) is 5.82 Å². The average molecular weight is 304 g/mol. The van der Waals surface area contributed by atoms with Crippen molar-refractivity contribution in [2.75, 3.05) is 0 Å². The normalized spacial score (nSPS) is 10.7.